The zero-order valence-electron chi connectivity index (χ0n) is 20.8. The Morgan fingerprint density at radius 2 is 2.03 bits per heavy atom. The van der Waals surface area contributed by atoms with E-state index in [9.17, 15) is 9.59 Å². The number of nitrogens with one attached hydrogen (secondary N) is 2. The molecule has 0 unspecified atom stereocenters. The predicted octanol–water partition coefficient (Wildman–Crippen LogP) is 3.92. The number of anilines is 1. The number of halogens is 1. The van der Waals surface area contributed by atoms with Gasteiger partial charge in [0.2, 0.25) is 11.9 Å². The topological polar surface area (TPSA) is 109 Å². The van der Waals surface area contributed by atoms with Crippen LogP contribution < -0.4 is 10.6 Å². The summed E-state index contributed by atoms with van der Waals surface area (Å²) >= 11 is 6.42. The van der Waals surface area contributed by atoms with Gasteiger partial charge < -0.3 is 20.3 Å². The Labute approximate surface area is 220 Å². The van der Waals surface area contributed by atoms with Gasteiger partial charge in [0.05, 0.1) is 40.8 Å². The van der Waals surface area contributed by atoms with Crippen molar-refractivity contribution in [3.05, 3.63) is 70.1 Å². The van der Waals surface area contributed by atoms with Crippen molar-refractivity contribution in [1.82, 2.24) is 25.2 Å². The maximum atomic E-state index is 13.1. The van der Waals surface area contributed by atoms with Crippen LogP contribution in [0, 0.1) is 6.92 Å². The summed E-state index contributed by atoms with van der Waals surface area (Å²) < 4.78 is 5.41. The molecule has 3 aromatic rings. The van der Waals surface area contributed by atoms with Crippen LogP contribution in [0.1, 0.15) is 53.0 Å². The number of ether oxygens (including phenoxy) is 1. The van der Waals surface area contributed by atoms with E-state index in [1.807, 2.05) is 38.1 Å². The van der Waals surface area contributed by atoms with Crippen LogP contribution in [0.25, 0.3) is 11.3 Å². The van der Waals surface area contributed by atoms with E-state index >= 15 is 0 Å². The highest BCUT2D eigenvalue weighted by molar-refractivity contribution is 6.32. The Bertz CT molecular complexity index is 1330. The van der Waals surface area contributed by atoms with Gasteiger partial charge in [-0.25, -0.2) is 9.97 Å². The minimum atomic E-state index is -0.242. The fourth-order valence-electron chi connectivity index (χ4n) is 4.63. The summed E-state index contributed by atoms with van der Waals surface area (Å²) in [4.78, 5) is 40.8. The highest BCUT2D eigenvalue weighted by Gasteiger charge is 2.31. The first-order valence-corrected chi connectivity index (χ1v) is 12.8. The van der Waals surface area contributed by atoms with Crippen LogP contribution in [-0.2, 0) is 16.1 Å². The summed E-state index contributed by atoms with van der Waals surface area (Å²) in [6.07, 6.45) is 4.96. The van der Waals surface area contributed by atoms with Crippen LogP contribution in [0.3, 0.4) is 0 Å². The number of rotatable bonds is 7. The molecule has 5 rings (SSSR count). The van der Waals surface area contributed by atoms with E-state index in [1.165, 1.54) is 4.90 Å². The lowest BCUT2D eigenvalue weighted by atomic mass is 10.1. The molecule has 37 heavy (non-hydrogen) atoms. The second-order valence-electron chi connectivity index (χ2n) is 9.50. The van der Waals surface area contributed by atoms with Crippen molar-refractivity contribution in [3.63, 3.8) is 0 Å². The number of aromatic nitrogens is 3. The summed E-state index contributed by atoms with van der Waals surface area (Å²) in [5.74, 6) is 0.00523. The number of fused-ring (bicyclic) bond motifs is 1. The highest BCUT2D eigenvalue weighted by Crippen LogP contribution is 2.30. The van der Waals surface area contributed by atoms with Crippen LogP contribution >= 0.6 is 11.6 Å². The van der Waals surface area contributed by atoms with Gasteiger partial charge in [0.1, 0.15) is 6.54 Å². The maximum Gasteiger partial charge on any atom is 0.256 e. The van der Waals surface area contributed by atoms with Crippen molar-refractivity contribution >= 4 is 29.4 Å². The number of benzene rings is 1. The first kappa shape index (κ1) is 25.1. The number of carbonyl (C=O) groups excluding carboxylic acids is 2. The molecule has 192 valence electrons. The maximum absolute atomic E-state index is 13.1. The molecular formula is C27H29ClN6O3. The van der Waals surface area contributed by atoms with Gasteiger partial charge in [-0.1, -0.05) is 41.4 Å². The van der Waals surface area contributed by atoms with E-state index in [2.05, 4.69) is 25.6 Å². The second-order valence-corrected chi connectivity index (χ2v) is 9.91. The zero-order valence-corrected chi connectivity index (χ0v) is 21.6. The number of pyridine rings is 1. The van der Waals surface area contributed by atoms with E-state index in [0.717, 1.165) is 24.0 Å². The number of amides is 2. The Morgan fingerprint density at radius 1 is 1.22 bits per heavy atom. The number of hydrogen-bond donors (Lipinski definition) is 2. The number of aryl methyl sites for hydroxylation is 1. The van der Waals surface area contributed by atoms with Crippen molar-refractivity contribution < 1.29 is 14.3 Å². The SMILES string of the molecule is Cc1cccc([C@@H](C)NC(=O)CN2Cc3ncc(-c4nc(NC5CCOCC5)ncc4Cl)cc3C2=O)c1. The molecule has 0 aliphatic carbocycles. The molecule has 0 spiro atoms. The molecule has 0 saturated carbocycles. The molecule has 1 atom stereocenters. The average Bonchev–Trinajstić information content (AvgIpc) is 3.20. The molecule has 1 saturated heterocycles. The van der Waals surface area contributed by atoms with Crippen molar-refractivity contribution in [3.8, 4) is 11.3 Å². The Morgan fingerprint density at radius 3 is 2.81 bits per heavy atom. The van der Waals surface area contributed by atoms with Crippen LogP contribution in [0.15, 0.2) is 42.7 Å². The summed E-state index contributed by atoms with van der Waals surface area (Å²) in [6.45, 7) is 5.57. The minimum Gasteiger partial charge on any atom is -0.381 e. The third-order valence-electron chi connectivity index (χ3n) is 6.65. The molecule has 0 bridgehead atoms. The van der Waals surface area contributed by atoms with Gasteiger partial charge in [-0.2, -0.15) is 0 Å². The summed E-state index contributed by atoms with van der Waals surface area (Å²) in [7, 11) is 0. The lowest BCUT2D eigenvalue weighted by Crippen LogP contribution is -2.38. The van der Waals surface area contributed by atoms with Gasteiger partial charge in [0, 0.05) is 31.0 Å². The smallest absolute Gasteiger partial charge is 0.256 e. The van der Waals surface area contributed by atoms with Gasteiger partial charge in [-0.15, -0.1) is 0 Å². The highest BCUT2D eigenvalue weighted by atomic mass is 35.5. The molecule has 2 amide bonds. The normalized spacial score (nSPS) is 16.4. The van der Waals surface area contributed by atoms with Crippen molar-refractivity contribution in [2.75, 3.05) is 25.1 Å². The summed E-state index contributed by atoms with van der Waals surface area (Å²) in [6, 6.07) is 9.79. The van der Waals surface area contributed by atoms with Crippen LogP contribution in [0.2, 0.25) is 5.02 Å². The largest absolute Gasteiger partial charge is 0.381 e. The van der Waals surface area contributed by atoms with Crippen molar-refractivity contribution in [2.45, 2.75) is 45.3 Å². The van der Waals surface area contributed by atoms with Crippen molar-refractivity contribution in [1.29, 1.82) is 0 Å². The molecule has 1 aromatic carbocycles. The van der Waals surface area contributed by atoms with Crippen LogP contribution in [0.5, 0.6) is 0 Å². The van der Waals surface area contributed by atoms with Gasteiger partial charge in [0.25, 0.3) is 5.91 Å². The fourth-order valence-corrected chi connectivity index (χ4v) is 4.83. The lowest BCUT2D eigenvalue weighted by Gasteiger charge is -2.23. The van der Waals surface area contributed by atoms with Gasteiger partial charge in [0.15, 0.2) is 0 Å². The molecule has 0 radical (unpaired) electrons. The van der Waals surface area contributed by atoms with E-state index in [0.29, 0.717) is 46.7 Å². The van der Waals surface area contributed by atoms with Crippen molar-refractivity contribution in [2.24, 2.45) is 0 Å². The Balaban J connectivity index is 1.27. The van der Waals surface area contributed by atoms with Gasteiger partial charge in [-0.05, 0) is 38.3 Å². The molecular weight excluding hydrogens is 492 g/mol. The van der Waals surface area contributed by atoms with E-state index in [-0.39, 0.29) is 37.0 Å². The molecule has 1 fully saturated rings. The zero-order chi connectivity index (χ0) is 25.9. The summed E-state index contributed by atoms with van der Waals surface area (Å²) in [5.41, 5.74) is 4.33. The van der Waals surface area contributed by atoms with E-state index < -0.39 is 0 Å². The fraction of sp³-hybridized carbons (Fsp3) is 0.370. The summed E-state index contributed by atoms with van der Waals surface area (Å²) in [5, 5.41) is 6.68. The molecule has 10 heteroatoms. The first-order valence-electron chi connectivity index (χ1n) is 12.4. The second kappa shape index (κ2) is 10.8. The minimum absolute atomic E-state index is 0.0475. The number of nitrogens with zero attached hydrogens (tertiary/aromatic N) is 4. The van der Waals surface area contributed by atoms with Gasteiger partial charge >= 0.3 is 0 Å². The molecule has 2 aliphatic rings. The lowest BCUT2D eigenvalue weighted by molar-refractivity contribution is -0.122. The third-order valence-corrected chi connectivity index (χ3v) is 6.93. The Hall–Kier alpha value is -3.56. The predicted molar refractivity (Wildman–Crippen MR) is 140 cm³/mol. The van der Waals surface area contributed by atoms with E-state index in [1.54, 1.807) is 18.5 Å². The van der Waals surface area contributed by atoms with Gasteiger partial charge in [-0.3, -0.25) is 14.6 Å². The first-order chi connectivity index (χ1) is 17.9. The average molecular weight is 521 g/mol. The molecule has 2 aromatic heterocycles. The van der Waals surface area contributed by atoms with Crippen LogP contribution in [0.4, 0.5) is 5.95 Å². The monoisotopic (exact) mass is 520 g/mol. The Kier molecular flexibility index (Phi) is 7.34. The molecule has 9 nitrogen and oxygen atoms in total. The number of carbonyl (C=O) groups is 2. The molecule has 2 N–H and O–H groups in total. The van der Waals surface area contributed by atoms with Crippen LogP contribution in [-0.4, -0.2) is 57.5 Å². The standard InChI is InChI=1S/C27H29ClN6O3/c1-16-4-3-5-18(10-16)17(2)31-24(35)15-34-14-23-21(26(34)36)11-19(12-29-23)25-22(28)13-30-27(33-25)32-20-6-8-37-9-7-20/h3-5,10-13,17,20H,6-9,14-15H2,1-2H3,(H,31,35)(H,30,32,33)/t17-/m1/s1. The molecule has 2 aliphatic heterocycles. The van der Waals surface area contributed by atoms with E-state index in [4.69, 9.17) is 16.3 Å². The number of hydrogen-bond acceptors (Lipinski definition) is 7. The molecule has 4 heterocycles. The quantitative estimate of drug-likeness (QED) is 0.486. The third kappa shape index (κ3) is 5.73.